The van der Waals surface area contributed by atoms with Crippen LogP contribution < -0.4 is 5.73 Å². The van der Waals surface area contributed by atoms with Crippen LogP contribution in [0.5, 0.6) is 0 Å². The number of nitrogens with zero attached hydrogens (tertiary/aromatic N) is 2. The number of hydrogen-bond acceptors (Lipinski definition) is 3. The van der Waals surface area contributed by atoms with Gasteiger partial charge in [-0.25, -0.2) is 4.98 Å². The van der Waals surface area contributed by atoms with Gasteiger partial charge in [0, 0.05) is 17.3 Å². The van der Waals surface area contributed by atoms with E-state index < -0.39 is 0 Å². The van der Waals surface area contributed by atoms with Crippen LogP contribution in [-0.2, 0) is 0 Å². The lowest BCUT2D eigenvalue weighted by Crippen LogP contribution is -2.14. The second kappa shape index (κ2) is 4.46. The van der Waals surface area contributed by atoms with Crippen molar-refractivity contribution < 1.29 is 4.79 Å². The topological polar surface area (TPSA) is 76.7 Å². The molecule has 4 aromatic rings. The molecule has 5 nitrogen and oxygen atoms in total. The summed E-state index contributed by atoms with van der Waals surface area (Å²) >= 11 is 0. The second-order valence-corrected chi connectivity index (χ2v) is 5.30. The van der Waals surface area contributed by atoms with Gasteiger partial charge in [-0.2, -0.15) is 0 Å². The predicted octanol–water partition coefficient (Wildman–Crippen LogP) is 3.10. The van der Waals surface area contributed by atoms with E-state index in [2.05, 4.69) is 9.97 Å². The highest BCUT2D eigenvalue weighted by molar-refractivity contribution is 6.09. The third kappa shape index (κ3) is 1.72. The van der Waals surface area contributed by atoms with Crippen LogP contribution in [0.4, 0.5) is 5.69 Å². The predicted molar refractivity (Wildman–Crippen MR) is 86.9 cm³/mol. The molecule has 0 radical (unpaired) electrons. The molecule has 0 aliphatic rings. The molecule has 0 fully saturated rings. The van der Waals surface area contributed by atoms with Crippen molar-refractivity contribution in [3.8, 4) is 0 Å². The number of H-pyrrole nitrogens is 1. The lowest BCUT2D eigenvalue weighted by atomic mass is 10.1. The molecule has 2 aromatic heterocycles. The minimum Gasteiger partial charge on any atom is -0.399 e. The zero-order valence-corrected chi connectivity index (χ0v) is 12.0. The first-order valence-corrected chi connectivity index (χ1v) is 7.00. The number of rotatable bonds is 1. The molecule has 22 heavy (non-hydrogen) atoms. The molecule has 0 aliphatic heterocycles. The van der Waals surface area contributed by atoms with Crippen LogP contribution in [0, 0.1) is 6.92 Å². The Balaban J connectivity index is 1.97. The van der Waals surface area contributed by atoms with Crippen LogP contribution in [0.2, 0.25) is 0 Å². The molecule has 108 valence electrons. The van der Waals surface area contributed by atoms with Gasteiger partial charge in [0.05, 0.1) is 22.1 Å². The van der Waals surface area contributed by atoms with E-state index >= 15 is 0 Å². The Kier molecular flexibility index (Phi) is 2.56. The molecule has 0 amide bonds. The van der Waals surface area contributed by atoms with Crippen molar-refractivity contribution in [2.24, 2.45) is 0 Å². The number of carbonyl (C=O) groups is 1. The Morgan fingerprint density at radius 3 is 2.95 bits per heavy atom. The van der Waals surface area contributed by atoms with Gasteiger partial charge < -0.3 is 10.7 Å². The average molecular weight is 290 g/mol. The maximum absolute atomic E-state index is 13.0. The highest BCUT2D eigenvalue weighted by atomic mass is 16.2. The van der Waals surface area contributed by atoms with Gasteiger partial charge in [-0.15, -0.1) is 0 Å². The van der Waals surface area contributed by atoms with Crippen molar-refractivity contribution in [1.29, 1.82) is 0 Å². The van der Waals surface area contributed by atoms with Crippen LogP contribution in [0.25, 0.3) is 21.9 Å². The summed E-state index contributed by atoms with van der Waals surface area (Å²) in [5.41, 5.74) is 9.38. The molecular formula is C17H14N4O. The number of nitrogens with one attached hydrogen (secondary N) is 1. The summed E-state index contributed by atoms with van der Waals surface area (Å²) in [6, 6.07) is 13.0. The van der Waals surface area contributed by atoms with E-state index in [0.29, 0.717) is 17.1 Å². The van der Waals surface area contributed by atoms with E-state index in [1.807, 2.05) is 43.5 Å². The number of anilines is 1. The molecule has 0 unspecified atom stereocenters. The summed E-state index contributed by atoms with van der Waals surface area (Å²) in [5, 5.41) is 1.01. The minimum atomic E-state index is -0.0992. The van der Waals surface area contributed by atoms with Gasteiger partial charge in [-0.1, -0.05) is 12.1 Å². The quantitative estimate of drug-likeness (QED) is 0.529. The van der Waals surface area contributed by atoms with Crippen LogP contribution >= 0.6 is 0 Å². The summed E-state index contributed by atoms with van der Waals surface area (Å²) in [6.45, 7) is 1.82. The fourth-order valence-electron chi connectivity index (χ4n) is 2.86. The molecule has 0 aliphatic carbocycles. The maximum atomic E-state index is 13.0. The lowest BCUT2D eigenvalue weighted by Gasteiger charge is -2.07. The number of imidazole rings is 1. The monoisotopic (exact) mass is 290 g/mol. The first-order chi connectivity index (χ1) is 10.6. The summed E-state index contributed by atoms with van der Waals surface area (Å²) in [7, 11) is 0. The number of aromatic amines is 1. The highest BCUT2D eigenvalue weighted by Crippen LogP contribution is 2.23. The molecule has 2 heterocycles. The van der Waals surface area contributed by atoms with E-state index in [1.54, 1.807) is 16.7 Å². The SMILES string of the molecule is Cc1nc2cc(N)ccc2n1C(=O)c1cccc2cc[nH]c12. The molecule has 3 N–H and O–H groups in total. The molecule has 0 saturated carbocycles. The Hall–Kier alpha value is -3.08. The van der Waals surface area contributed by atoms with Crippen LogP contribution in [-0.4, -0.2) is 20.4 Å². The lowest BCUT2D eigenvalue weighted by molar-refractivity contribution is 0.0964. The Bertz CT molecular complexity index is 1030. The normalized spacial score (nSPS) is 11.3. The van der Waals surface area contributed by atoms with E-state index in [9.17, 15) is 4.79 Å². The molecule has 0 atom stereocenters. The van der Waals surface area contributed by atoms with Gasteiger partial charge in [-0.3, -0.25) is 9.36 Å². The third-order valence-electron chi connectivity index (χ3n) is 3.87. The number of carbonyl (C=O) groups excluding carboxylic acids is 1. The van der Waals surface area contributed by atoms with Gasteiger partial charge in [0.25, 0.3) is 5.91 Å². The number of nitrogen functional groups attached to an aromatic ring is 1. The number of nitrogens with two attached hydrogens (primary N) is 1. The van der Waals surface area contributed by atoms with E-state index in [4.69, 9.17) is 5.73 Å². The molecule has 0 bridgehead atoms. The third-order valence-corrected chi connectivity index (χ3v) is 3.87. The van der Waals surface area contributed by atoms with Crippen LogP contribution in [0.3, 0.4) is 0 Å². The molecule has 0 saturated heterocycles. The molecule has 5 heteroatoms. The Morgan fingerprint density at radius 2 is 2.09 bits per heavy atom. The fourth-order valence-corrected chi connectivity index (χ4v) is 2.86. The van der Waals surface area contributed by atoms with Crippen molar-refractivity contribution in [3.63, 3.8) is 0 Å². The van der Waals surface area contributed by atoms with Crippen molar-refractivity contribution in [2.45, 2.75) is 6.92 Å². The van der Waals surface area contributed by atoms with Gasteiger partial charge in [0.2, 0.25) is 0 Å². The van der Waals surface area contributed by atoms with Gasteiger partial charge in [0.1, 0.15) is 5.82 Å². The first-order valence-electron chi connectivity index (χ1n) is 7.00. The largest absolute Gasteiger partial charge is 0.399 e. The number of hydrogen-bond donors (Lipinski definition) is 2. The van der Waals surface area contributed by atoms with Gasteiger partial charge in [-0.05, 0) is 37.3 Å². The van der Waals surface area contributed by atoms with Crippen molar-refractivity contribution >= 4 is 33.5 Å². The van der Waals surface area contributed by atoms with E-state index in [1.165, 1.54) is 0 Å². The number of aromatic nitrogens is 3. The summed E-state index contributed by atoms with van der Waals surface area (Å²) in [4.78, 5) is 20.6. The van der Waals surface area contributed by atoms with Gasteiger partial charge in [0.15, 0.2) is 0 Å². The summed E-state index contributed by atoms with van der Waals surface area (Å²) in [6.07, 6.45) is 1.83. The average Bonchev–Trinajstić information content (AvgIpc) is 3.09. The molecular weight excluding hydrogens is 276 g/mol. The number of benzene rings is 2. The molecule has 4 rings (SSSR count). The second-order valence-electron chi connectivity index (χ2n) is 5.30. The van der Waals surface area contributed by atoms with Crippen molar-refractivity contribution in [2.75, 3.05) is 5.73 Å². The van der Waals surface area contributed by atoms with E-state index in [0.717, 1.165) is 21.9 Å². The molecule has 0 spiro atoms. The number of para-hydroxylation sites is 1. The smallest absolute Gasteiger partial charge is 0.265 e. The molecule has 2 aromatic carbocycles. The minimum absolute atomic E-state index is 0.0992. The zero-order chi connectivity index (χ0) is 15.3. The zero-order valence-electron chi connectivity index (χ0n) is 12.0. The number of aryl methyl sites for hydroxylation is 1. The van der Waals surface area contributed by atoms with Gasteiger partial charge >= 0.3 is 0 Å². The Labute approximate surface area is 126 Å². The van der Waals surface area contributed by atoms with Crippen LogP contribution in [0.1, 0.15) is 16.2 Å². The fraction of sp³-hybridized carbons (Fsp3) is 0.0588. The Morgan fingerprint density at radius 1 is 1.23 bits per heavy atom. The number of fused-ring (bicyclic) bond motifs is 2. The standard InChI is InChI=1S/C17H14N4O/c1-10-20-14-9-12(18)5-6-15(14)21(10)17(22)13-4-2-3-11-7-8-19-16(11)13/h2-9,19H,18H2,1H3. The first kappa shape index (κ1) is 12.6. The van der Waals surface area contributed by atoms with Crippen LogP contribution in [0.15, 0.2) is 48.7 Å². The van der Waals surface area contributed by atoms with Crippen molar-refractivity contribution in [1.82, 2.24) is 14.5 Å². The van der Waals surface area contributed by atoms with Crippen molar-refractivity contribution in [3.05, 3.63) is 60.0 Å². The summed E-state index contributed by atoms with van der Waals surface area (Å²) in [5.74, 6) is 0.548. The van der Waals surface area contributed by atoms with E-state index in [-0.39, 0.29) is 5.91 Å². The maximum Gasteiger partial charge on any atom is 0.265 e. The summed E-state index contributed by atoms with van der Waals surface area (Å²) < 4.78 is 1.63. The highest BCUT2D eigenvalue weighted by Gasteiger charge is 2.18.